The summed E-state index contributed by atoms with van der Waals surface area (Å²) >= 11 is 0. The molecule has 0 aliphatic carbocycles. The van der Waals surface area contributed by atoms with Gasteiger partial charge in [-0.15, -0.1) is 0 Å². The molecular formula is C12H16ClNO3S. The van der Waals surface area contributed by atoms with E-state index in [9.17, 15) is 13.2 Å². The quantitative estimate of drug-likeness (QED) is 0.669. The van der Waals surface area contributed by atoms with E-state index < -0.39 is 9.05 Å². The largest absolute Gasteiger partial charge is 0.352 e. The smallest absolute Gasteiger partial charge is 0.261 e. The summed E-state index contributed by atoms with van der Waals surface area (Å²) in [5.74, 6) is -0.287. The van der Waals surface area contributed by atoms with Gasteiger partial charge < -0.3 is 5.32 Å². The molecule has 4 nitrogen and oxygen atoms in total. The van der Waals surface area contributed by atoms with Gasteiger partial charge in [0.05, 0.1) is 4.90 Å². The zero-order chi connectivity index (χ0) is 13.8. The average Bonchev–Trinajstić information content (AvgIpc) is 2.28. The molecule has 0 radical (unpaired) electrons. The lowest BCUT2D eigenvalue weighted by Gasteiger charge is -2.07. The van der Waals surface area contributed by atoms with Gasteiger partial charge in [-0.2, -0.15) is 0 Å². The molecule has 0 aromatic heterocycles. The van der Waals surface area contributed by atoms with Crippen LogP contribution in [0.4, 0.5) is 0 Å². The third-order valence-corrected chi connectivity index (χ3v) is 3.99. The van der Waals surface area contributed by atoms with Crippen molar-refractivity contribution >= 4 is 25.6 Å². The molecule has 100 valence electrons. The Morgan fingerprint density at radius 1 is 1.39 bits per heavy atom. The average molecular weight is 290 g/mol. The highest BCUT2D eigenvalue weighted by Gasteiger charge is 2.16. The lowest BCUT2D eigenvalue weighted by atomic mass is 10.1. The van der Waals surface area contributed by atoms with E-state index in [1.54, 1.807) is 19.1 Å². The third-order valence-electron chi connectivity index (χ3n) is 2.53. The fourth-order valence-electron chi connectivity index (χ4n) is 1.48. The summed E-state index contributed by atoms with van der Waals surface area (Å²) in [4.78, 5) is 11.7. The molecule has 1 N–H and O–H groups in total. The lowest BCUT2D eigenvalue weighted by molar-refractivity contribution is 0.0953. The van der Waals surface area contributed by atoms with Crippen LogP contribution in [-0.2, 0) is 9.05 Å². The van der Waals surface area contributed by atoms with Gasteiger partial charge in [0.2, 0.25) is 0 Å². The van der Waals surface area contributed by atoms with Crippen molar-refractivity contribution in [2.75, 3.05) is 6.54 Å². The number of benzene rings is 1. The second-order valence-corrected chi connectivity index (χ2v) is 6.56. The zero-order valence-corrected chi connectivity index (χ0v) is 11.9. The first kappa shape index (κ1) is 15.0. The Labute approximate surface area is 112 Å². The van der Waals surface area contributed by atoms with Gasteiger partial charge in [0.1, 0.15) is 0 Å². The third kappa shape index (κ3) is 3.99. The second kappa shape index (κ2) is 6.20. The molecule has 0 unspecified atom stereocenters. The SMILES string of the molecule is CCCCNC(=O)c1ccc(C)c(S(=O)(=O)Cl)c1. The van der Waals surface area contributed by atoms with Crippen molar-refractivity contribution in [2.45, 2.75) is 31.6 Å². The van der Waals surface area contributed by atoms with Crippen LogP contribution in [0.1, 0.15) is 35.7 Å². The van der Waals surface area contributed by atoms with Crippen LogP contribution in [0.25, 0.3) is 0 Å². The van der Waals surface area contributed by atoms with Gasteiger partial charge in [0.25, 0.3) is 15.0 Å². The number of hydrogen-bond donors (Lipinski definition) is 1. The van der Waals surface area contributed by atoms with Crippen molar-refractivity contribution in [2.24, 2.45) is 0 Å². The number of hydrogen-bond acceptors (Lipinski definition) is 3. The van der Waals surface area contributed by atoms with Crippen LogP contribution in [0.15, 0.2) is 23.1 Å². The maximum absolute atomic E-state index is 11.8. The highest BCUT2D eigenvalue weighted by molar-refractivity contribution is 8.13. The minimum Gasteiger partial charge on any atom is -0.352 e. The van der Waals surface area contributed by atoms with E-state index in [1.807, 2.05) is 6.92 Å². The van der Waals surface area contributed by atoms with Gasteiger partial charge >= 0.3 is 0 Å². The Bertz CT molecular complexity index is 540. The van der Waals surface area contributed by atoms with Gasteiger partial charge in [0, 0.05) is 22.8 Å². The highest BCUT2D eigenvalue weighted by Crippen LogP contribution is 2.20. The van der Waals surface area contributed by atoms with Crippen molar-refractivity contribution < 1.29 is 13.2 Å². The van der Waals surface area contributed by atoms with Crippen LogP contribution in [0.3, 0.4) is 0 Å². The zero-order valence-electron chi connectivity index (χ0n) is 10.4. The Balaban J connectivity index is 2.95. The van der Waals surface area contributed by atoms with E-state index in [1.165, 1.54) is 6.07 Å². The number of nitrogens with one attached hydrogen (secondary N) is 1. The van der Waals surface area contributed by atoms with Gasteiger partial charge in [-0.1, -0.05) is 19.4 Å². The standard InChI is InChI=1S/C12H16ClNO3S/c1-3-4-7-14-12(15)10-6-5-9(2)11(8-10)18(13,16)17/h5-6,8H,3-4,7H2,1-2H3,(H,14,15). The first-order chi connectivity index (χ1) is 8.36. The number of carbonyl (C=O) groups is 1. The van der Waals surface area contributed by atoms with Crippen LogP contribution in [0.2, 0.25) is 0 Å². The molecular weight excluding hydrogens is 274 g/mol. The minimum absolute atomic E-state index is 0.0210. The summed E-state index contributed by atoms with van der Waals surface area (Å²) in [6.45, 7) is 4.23. The van der Waals surface area contributed by atoms with Crippen LogP contribution in [0.5, 0.6) is 0 Å². The number of halogens is 1. The molecule has 1 aromatic rings. The Morgan fingerprint density at radius 2 is 2.06 bits per heavy atom. The Hall–Kier alpha value is -1.07. The van der Waals surface area contributed by atoms with E-state index in [0.29, 0.717) is 17.7 Å². The first-order valence-corrected chi connectivity index (χ1v) is 8.00. The molecule has 0 fully saturated rings. The summed E-state index contributed by atoms with van der Waals surface area (Å²) in [6.07, 6.45) is 1.87. The summed E-state index contributed by atoms with van der Waals surface area (Å²) in [5.41, 5.74) is 0.825. The molecule has 18 heavy (non-hydrogen) atoms. The Kier molecular flexibility index (Phi) is 5.16. The Morgan fingerprint density at radius 3 is 2.61 bits per heavy atom. The predicted octanol–water partition coefficient (Wildman–Crippen LogP) is 2.45. The molecule has 1 aromatic carbocycles. The number of amides is 1. The van der Waals surface area contributed by atoms with Crippen molar-refractivity contribution in [1.29, 1.82) is 0 Å². The molecule has 0 saturated heterocycles. The van der Waals surface area contributed by atoms with Gasteiger partial charge in [-0.05, 0) is 31.0 Å². The molecule has 1 rings (SSSR count). The van der Waals surface area contributed by atoms with Crippen LogP contribution < -0.4 is 5.32 Å². The van der Waals surface area contributed by atoms with E-state index >= 15 is 0 Å². The molecule has 1 amide bonds. The topological polar surface area (TPSA) is 63.2 Å². The highest BCUT2D eigenvalue weighted by atomic mass is 35.7. The molecule has 0 aliphatic heterocycles. The van der Waals surface area contributed by atoms with Crippen LogP contribution in [-0.4, -0.2) is 20.9 Å². The van der Waals surface area contributed by atoms with E-state index in [4.69, 9.17) is 10.7 Å². The fraction of sp³-hybridized carbons (Fsp3) is 0.417. The van der Waals surface area contributed by atoms with Crippen molar-refractivity contribution in [3.63, 3.8) is 0 Å². The molecule has 0 heterocycles. The van der Waals surface area contributed by atoms with Crippen LogP contribution in [0, 0.1) is 6.92 Å². The summed E-state index contributed by atoms with van der Waals surface area (Å²) in [7, 11) is 1.49. The molecule has 6 heteroatoms. The van der Waals surface area contributed by atoms with Gasteiger partial charge in [-0.25, -0.2) is 8.42 Å². The molecule has 0 saturated carbocycles. The van der Waals surface area contributed by atoms with Gasteiger partial charge in [0.15, 0.2) is 0 Å². The summed E-state index contributed by atoms with van der Waals surface area (Å²) in [5, 5.41) is 2.72. The first-order valence-electron chi connectivity index (χ1n) is 5.69. The van der Waals surface area contributed by atoms with E-state index in [-0.39, 0.29) is 10.8 Å². The monoisotopic (exact) mass is 289 g/mol. The van der Waals surface area contributed by atoms with Crippen molar-refractivity contribution in [3.05, 3.63) is 29.3 Å². The normalized spacial score (nSPS) is 11.3. The van der Waals surface area contributed by atoms with Crippen molar-refractivity contribution in [1.82, 2.24) is 5.32 Å². The minimum atomic E-state index is -3.82. The molecule has 0 bridgehead atoms. The van der Waals surface area contributed by atoms with Crippen molar-refractivity contribution in [3.8, 4) is 0 Å². The number of unbranched alkanes of at least 4 members (excludes halogenated alkanes) is 1. The second-order valence-electron chi connectivity index (χ2n) is 4.03. The number of aryl methyl sites for hydroxylation is 1. The van der Waals surface area contributed by atoms with Crippen LogP contribution >= 0.6 is 10.7 Å². The maximum Gasteiger partial charge on any atom is 0.261 e. The lowest BCUT2D eigenvalue weighted by Crippen LogP contribution is -2.24. The molecule has 0 aliphatic rings. The predicted molar refractivity (Wildman–Crippen MR) is 71.5 cm³/mol. The molecule has 0 spiro atoms. The molecule has 0 atom stereocenters. The summed E-state index contributed by atoms with van der Waals surface area (Å²) < 4.78 is 22.6. The number of rotatable bonds is 5. The number of carbonyl (C=O) groups excluding carboxylic acids is 1. The van der Waals surface area contributed by atoms with E-state index in [0.717, 1.165) is 12.8 Å². The maximum atomic E-state index is 11.8. The van der Waals surface area contributed by atoms with E-state index in [2.05, 4.69) is 5.32 Å². The summed E-state index contributed by atoms with van der Waals surface area (Å²) in [6, 6.07) is 4.46. The fourth-order valence-corrected chi connectivity index (χ4v) is 2.70. The van der Waals surface area contributed by atoms with Gasteiger partial charge in [-0.3, -0.25) is 4.79 Å².